The zero-order chi connectivity index (χ0) is 14.9. The third-order valence-electron chi connectivity index (χ3n) is 3.42. The summed E-state index contributed by atoms with van der Waals surface area (Å²) in [5.41, 5.74) is 0.302. The summed E-state index contributed by atoms with van der Waals surface area (Å²) in [6.45, 7) is 0.307. The molecule has 2 rings (SSSR count). The number of rotatable bonds is 4. The van der Waals surface area contributed by atoms with Gasteiger partial charge < -0.3 is 19.9 Å². The van der Waals surface area contributed by atoms with Crippen LogP contribution in [0.1, 0.15) is 18.0 Å². The second-order valence-electron chi connectivity index (χ2n) is 4.55. The first-order valence-electron chi connectivity index (χ1n) is 6.05. The Bertz CT molecular complexity index is 538. The molecule has 0 amide bonds. The molecule has 0 aromatic heterocycles. The molecule has 20 heavy (non-hydrogen) atoms. The van der Waals surface area contributed by atoms with Crippen molar-refractivity contribution in [2.45, 2.75) is 12.5 Å². The van der Waals surface area contributed by atoms with Crippen LogP contribution in [-0.2, 0) is 4.79 Å². The van der Waals surface area contributed by atoms with Crippen molar-refractivity contribution in [2.24, 2.45) is 5.92 Å². The first-order chi connectivity index (χ1) is 9.49. The first kappa shape index (κ1) is 15.1. The Morgan fingerprint density at radius 3 is 2.60 bits per heavy atom. The lowest BCUT2D eigenvalue weighted by molar-refractivity contribution is -0.141. The van der Waals surface area contributed by atoms with E-state index in [1.54, 1.807) is 0 Å². The van der Waals surface area contributed by atoms with Crippen molar-refractivity contribution in [2.75, 3.05) is 20.8 Å². The zero-order valence-corrected chi connectivity index (χ0v) is 12.7. The molecular weight excluding hydrogens is 333 g/mol. The van der Waals surface area contributed by atoms with Gasteiger partial charge in [-0.15, -0.1) is 0 Å². The lowest BCUT2D eigenvalue weighted by Crippen LogP contribution is -2.18. The summed E-state index contributed by atoms with van der Waals surface area (Å²) in [4.78, 5) is 11.0. The van der Waals surface area contributed by atoms with E-state index >= 15 is 0 Å². The van der Waals surface area contributed by atoms with Gasteiger partial charge >= 0.3 is 5.97 Å². The van der Waals surface area contributed by atoms with Gasteiger partial charge in [-0.05, 0) is 28.4 Å². The fraction of sp³-hybridized carbons (Fsp3) is 0.462. The third kappa shape index (κ3) is 2.60. The summed E-state index contributed by atoms with van der Waals surface area (Å²) in [5, 5.41) is 12.0. The van der Waals surface area contributed by atoms with E-state index < -0.39 is 23.7 Å². The van der Waals surface area contributed by atoms with Crippen molar-refractivity contribution < 1.29 is 23.8 Å². The molecule has 1 aliphatic heterocycles. The van der Waals surface area contributed by atoms with Gasteiger partial charge in [0.2, 0.25) is 0 Å². The third-order valence-corrected chi connectivity index (χ3v) is 4.00. The van der Waals surface area contributed by atoms with Crippen LogP contribution in [0.2, 0.25) is 0 Å². The van der Waals surface area contributed by atoms with Crippen molar-refractivity contribution in [1.29, 1.82) is 0 Å². The monoisotopic (exact) mass is 347 g/mol. The van der Waals surface area contributed by atoms with E-state index in [2.05, 4.69) is 21.2 Å². The van der Waals surface area contributed by atoms with Crippen molar-refractivity contribution in [3.63, 3.8) is 0 Å². The van der Waals surface area contributed by atoms with E-state index in [1.165, 1.54) is 20.3 Å². The average molecular weight is 348 g/mol. The number of nitrogens with one attached hydrogen (secondary N) is 1. The number of hydrogen-bond acceptors (Lipinski definition) is 4. The maximum absolute atomic E-state index is 14.2. The fourth-order valence-corrected chi connectivity index (χ4v) is 3.00. The van der Waals surface area contributed by atoms with Gasteiger partial charge in [-0.3, -0.25) is 4.79 Å². The molecule has 0 radical (unpaired) electrons. The molecule has 1 saturated heterocycles. The van der Waals surface area contributed by atoms with Crippen LogP contribution in [0, 0.1) is 11.7 Å². The van der Waals surface area contributed by atoms with Gasteiger partial charge in [-0.1, -0.05) is 0 Å². The maximum atomic E-state index is 14.2. The standard InChI is InChI=1S/C13H15BrFNO4/c1-19-11-7(14)4-8(15)10(12(11)20-2)9-3-6(5-16-9)13(17)18/h4,6,9,16H,3,5H2,1-2H3,(H,17,18). The van der Waals surface area contributed by atoms with E-state index in [0.29, 0.717) is 28.8 Å². The second kappa shape index (κ2) is 5.97. The van der Waals surface area contributed by atoms with E-state index in [9.17, 15) is 9.18 Å². The molecule has 1 aromatic carbocycles. The smallest absolute Gasteiger partial charge is 0.307 e. The summed E-state index contributed by atoms with van der Waals surface area (Å²) in [6, 6.07) is 0.889. The van der Waals surface area contributed by atoms with Crippen LogP contribution in [0.3, 0.4) is 0 Å². The zero-order valence-electron chi connectivity index (χ0n) is 11.1. The molecule has 2 N–H and O–H groups in total. The van der Waals surface area contributed by atoms with Gasteiger partial charge in [0, 0.05) is 12.6 Å². The highest BCUT2D eigenvalue weighted by Gasteiger charge is 2.34. The quantitative estimate of drug-likeness (QED) is 0.874. The van der Waals surface area contributed by atoms with Crippen LogP contribution in [0.4, 0.5) is 4.39 Å². The summed E-state index contributed by atoms with van der Waals surface area (Å²) in [5.74, 6) is -1.20. The van der Waals surface area contributed by atoms with Gasteiger partial charge in [0.1, 0.15) is 5.82 Å². The van der Waals surface area contributed by atoms with E-state index in [0.717, 1.165) is 0 Å². The highest BCUT2D eigenvalue weighted by Crippen LogP contribution is 2.44. The topological polar surface area (TPSA) is 67.8 Å². The fourth-order valence-electron chi connectivity index (χ4n) is 2.46. The van der Waals surface area contributed by atoms with Crippen LogP contribution >= 0.6 is 15.9 Å². The van der Waals surface area contributed by atoms with Crippen molar-refractivity contribution >= 4 is 21.9 Å². The molecule has 0 bridgehead atoms. The van der Waals surface area contributed by atoms with Crippen molar-refractivity contribution in [3.8, 4) is 11.5 Å². The average Bonchev–Trinajstić information content (AvgIpc) is 2.87. The van der Waals surface area contributed by atoms with E-state index in [1.807, 2.05) is 0 Å². The van der Waals surface area contributed by atoms with Crippen molar-refractivity contribution in [3.05, 3.63) is 21.9 Å². The summed E-state index contributed by atoms with van der Waals surface area (Å²) >= 11 is 3.22. The predicted molar refractivity (Wildman–Crippen MR) is 73.7 cm³/mol. The van der Waals surface area contributed by atoms with Crippen LogP contribution < -0.4 is 14.8 Å². The first-order valence-corrected chi connectivity index (χ1v) is 6.85. The Kier molecular flexibility index (Phi) is 4.49. The molecule has 1 fully saturated rings. The van der Waals surface area contributed by atoms with E-state index in [4.69, 9.17) is 14.6 Å². The number of halogens is 2. The molecule has 1 aromatic rings. The molecular formula is C13H15BrFNO4. The minimum absolute atomic E-state index is 0.280. The van der Waals surface area contributed by atoms with Gasteiger partial charge in [-0.25, -0.2) is 4.39 Å². The number of carboxylic acids is 1. The number of benzene rings is 1. The summed E-state index contributed by atoms with van der Waals surface area (Å²) in [6.07, 6.45) is 0.313. The minimum atomic E-state index is -0.886. The largest absolute Gasteiger partial charge is 0.492 e. The number of carboxylic acid groups (broad SMARTS) is 1. The molecule has 2 unspecified atom stereocenters. The number of carbonyl (C=O) groups is 1. The Morgan fingerprint density at radius 2 is 2.10 bits per heavy atom. The Hall–Kier alpha value is -1.34. The minimum Gasteiger partial charge on any atom is -0.492 e. The molecule has 2 atom stereocenters. The van der Waals surface area contributed by atoms with Gasteiger partial charge in [0.05, 0.1) is 30.2 Å². The molecule has 0 spiro atoms. The van der Waals surface area contributed by atoms with Crippen LogP contribution in [0.15, 0.2) is 10.5 Å². The normalized spacial score (nSPS) is 21.8. The highest BCUT2D eigenvalue weighted by atomic mass is 79.9. The predicted octanol–water partition coefficient (Wildman–Crippen LogP) is 2.34. The SMILES string of the molecule is COc1c(Br)cc(F)c(C2CC(C(=O)O)CN2)c1OC. The lowest BCUT2D eigenvalue weighted by Gasteiger charge is -2.19. The maximum Gasteiger partial charge on any atom is 0.307 e. The summed E-state index contributed by atoms with van der Waals surface area (Å²) < 4.78 is 25.2. The number of ether oxygens (including phenoxy) is 2. The molecule has 0 aliphatic carbocycles. The molecule has 7 heteroatoms. The second-order valence-corrected chi connectivity index (χ2v) is 5.41. The lowest BCUT2D eigenvalue weighted by atomic mass is 9.98. The number of aliphatic carboxylic acids is 1. The van der Waals surface area contributed by atoms with E-state index in [-0.39, 0.29) is 5.75 Å². The van der Waals surface area contributed by atoms with Gasteiger partial charge in [0.25, 0.3) is 0 Å². The van der Waals surface area contributed by atoms with Gasteiger partial charge in [-0.2, -0.15) is 0 Å². The molecule has 1 heterocycles. The molecule has 5 nitrogen and oxygen atoms in total. The number of hydrogen-bond donors (Lipinski definition) is 2. The Balaban J connectivity index is 2.44. The molecule has 0 saturated carbocycles. The Morgan fingerprint density at radius 1 is 1.45 bits per heavy atom. The molecule has 110 valence electrons. The molecule has 1 aliphatic rings. The van der Waals surface area contributed by atoms with Crippen LogP contribution in [0.5, 0.6) is 11.5 Å². The van der Waals surface area contributed by atoms with Crippen LogP contribution in [-0.4, -0.2) is 31.8 Å². The van der Waals surface area contributed by atoms with Gasteiger partial charge in [0.15, 0.2) is 11.5 Å². The Labute approximate surface area is 124 Å². The van der Waals surface area contributed by atoms with Crippen molar-refractivity contribution in [1.82, 2.24) is 5.32 Å². The number of methoxy groups -OCH3 is 2. The summed E-state index contributed by atoms with van der Waals surface area (Å²) in [7, 11) is 2.89. The highest BCUT2D eigenvalue weighted by molar-refractivity contribution is 9.10. The van der Waals surface area contributed by atoms with Crippen LogP contribution in [0.25, 0.3) is 0 Å².